The molecule has 0 aliphatic carbocycles. The molecule has 0 unspecified atom stereocenters. The van der Waals surface area contributed by atoms with Crippen LogP contribution in [-0.4, -0.2) is 44.1 Å². The molecular weight excluding hydrogens is 246 g/mol. The highest BCUT2D eigenvalue weighted by atomic mass is 16.4. The number of amides is 1. The minimum absolute atomic E-state index is 0.192. The number of carboxylic acid groups (broad SMARTS) is 1. The summed E-state index contributed by atoms with van der Waals surface area (Å²) in [6.07, 6.45) is 3.21. The fourth-order valence-corrected chi connectivity index (χ4v) is 1.89. The first-order valence-electron chi connectivity index (χ1n) is 5.96. The summed E-state index contributed by atoms with van der Waals surface area (Å²) >= 11 is 0. The number of hydrogen-bond donors (Lipinski definition) is 1. The lowest BCUT2D eigenvalue weighted by Crippen LogP contribution is -2.40. The van der Waals surface area contributed by atoms with Crippen LogP contribution in [0, 0.1) is 0 Å². The van der Waals surface area contributed by atoms with Crippen molar-refractivity contribution in [2.24, 2.45) is 0 Å². The molecule has 19 heavy (non-hydrogen) atoms. The molecule has 0 aromatic carbocycles. The first-order valence-corrected chi connectivity index (χ1v) is 5.96. The molecule has 6 heteroatoms. The van der Waals surface area contributed by atoms with E-state index in [9.17, 15) is 9.59 Å². The summed E-state index contributed by atoms with van der Waals surface area (Å²) in [5.74, 6) is -1.35. The summed E-state index contributed by atoms with van der Waals surface area (Å²) in [5, 5.41) is 13.0. The van der Waals surface area contributed by atoms with E-state index >= 15 is 0 Å². The number of aromatic nitrogens is 2. The largest absolute Gasteiger partial charge is 0.480 e. The number of nitrogens with zero attached hydrogens (tertiary/aromatic N) is 3. The van der Waals surface area contributed by atoms with Crippen molar-refractivity contribution in [3.63, 3.8) is 0 Å². The molecule has 1 N–H and O–H groups in total. The minimum atomic E-state index is -1.03. The molecule has 2 aromatic rings. The van der Waals surface area contributed by atoms with E-state index in [1.165, 1.54) is 11.1 Å². The normalized spacial score (nSPS) is 10.9. The Morgan fingerprint density at radius 1 is 1.42 bits per heavy atom. The molecule has 0 bridgehead atoms. The van der Waals surface area contributed by atoms with Gasteiger partial charge in [0, 0.05) is 12.2 Å². The van der Waals surface area contributed by atoms with Crippen LogP contribution >= 0.6 is 0 Å². The molecule has 100 valence electrons. The first-order chi connectivity index (χ1) is 9.00. The monoisotopic (exact) mass is 261 g/mol. The third kappa shape index (κ3) is 2.57. The number of carboxylic acids is 1. The van der Waals surface area contributed by atoms with Crippen LogP contribution in [0.15, 0.2) is 30.6 Å². The maximum absolute atomic E-state index is 12.4. The van der Waals surface area contributed by atoms with Crippen LogP contribution in [0.5, 0.6) is 0 Å². The van der Waals surface area contributed by atoms with Crippen LogP contribution in [0.3, 0.4) is 0 Å². The highest BCUT2D eigenvalue weighted by Crippen LogP contribution is 2.14. The maximum atomic E-state index is 12.4. The Morgan fingerprint density at radius 2 is 2.16 bits per heavy atom. The molecule has 0 atom stereocenters. The van der Waals surface area contributed by atoms with Gasteiger partial charge in [0.05, 0.1) is 17.3 Å². The van der Waals surface area contributed by atoms with E-state index < -0.39 is 5.97 Å². The molecule has 6 nitrogen and oxygen atoms in total. The van der Waals surface area contributed by atoms with Crippen LogP contribution in [0.25, 0.3) is 5.52 Å². The van der Waals surface area contributed by atoms with Crippen molar-refractivity contribution in [1.82, 2.24) is 14.5 Å². The van der Waals surface area contributed by atoms with E-state index in [2.05, 4.69) is 5.10 Å². The fourth-order valence-electron chi connectivity index (χ4n) is 1.89. The molecule has 0 fully saturated rings. The Labute approximate surface area is 110 Å². The average Bonchev–Trinajstić information content (AvgIpc) is 2.78. The summed E-state index contributed by atoms with van der Waals surface area (Å²) in [5.41, 5.74) is 1.08. The molecular formula is C13H15N3O3. The molecule has 0 saturated heterocycles. The quantitative estimate of drug-likeness (QED) is 0.899. The number of pyridine rings is 1. The molecule has 0 radical (unpaired) electrons. The predicted octanol–water partition coefficient (Wildman–Crippen LogP) is 1.27. The summed E-state index contributed by atoms with van der Waals surface area (Å²) < 4.78 is 1.59. The van der Waals surface area contributed by atoms with Crippen LogP contribution < -0.4 is 0 Å². The number of carbonyl (C=O) groups excluding carboxylic acids is 1. The molecule has 0 aliphatic heterocycles. The lowest BCUT2D eigenvalue weighted by Gasteiger charge is -2.24. The number of hydrogen-bond acceptors (Lipinski definition) is 3. The Kier molecular flexibility index (Phi) is 3.50. The Hall–Kier alpha value is -2.37. The number of rotatable bonds is 4. The van der Waals surface area contributed by atoms with Gasteiger partial charge in [-0.2, -0.15) is 5.10 Å². The van der Waals surface area contributed by atoms with Crippen molar-refractivity contribution in [1.29, 1.82) is 0 Å². The van der Waals surface area contributed by atoms with Crippen molar-refractivity contribution in [3.05, 3.63) is 36.2 Å². The molecule has 1 amide bonds. The minimum Gasteiger partial charge on any atom is -0.480 e. The van der Waals surface area contributed by atoms with Crippen LogP contribution in [-0.2, 0) is 4.79 Å². The molecule has 2 heterocycles. The topological polar surface area (TPSA) is 74.9 Å². The zero-order chi connectivity index (χ0) is 14.0. The van der Waals surface area contributed by atoms with Gasteiger partial charge in [-0.25, -0.2) is 4.52 Å². The van der Waals surface area contributed by atoms with Crippen LogP contribution in [0.1, 0.15) is 24.2 Å². The van der Waals surface area contributed by atoms with Crippen molar-refractivity contribution in [3.8, 4) is 0 Å². The van der Waals surface area contributed by atoms with E-state index in [1.54, 1.807) is 30.6 Å². The second-order valence-corrected chi connectivity index (χ2v) is 4.51. The predicted molar refractivity (Wildman–Crippen MR) is 69.0 cm³/mol. The number of carbonyl (C=O) groups is 2. The van der Waals surface area contributed by atoms with Crippen LogP contribution in [0.4, 0.5) is 0 Å². The van der Waals surface area contributed by atoms with Gasteiger partial charge < -0.3 is 10.0 Å². The molecule has 2 rings (SSSR count). The SMILES string of the molecule is CC(C)N(CC(=O)O)C(=O)c1cnn2ccccc12. The number of aliphatic carboxylic acids is 1. The van der Waals surface area contributed by atoms with Crippen LogP contribution in [0.2, 0.25) is 0 Å². The standard InChI is InChI=1S/C13H15N3O3/c1-9(2)15(8-12(17)18)13(19)10-7-14-16-6-4-3-5-11(10)16/h3-7,9H,8H2,1-2H3,(H,17,18). The van der Waals surface area contributed by atoms with E-state index in [0.29, 0.717) is 11.1 Å². The highest BCUT2D eigenvalue weighted by Gasteiger charge is 2.23. The average molecular weight is 261 g/mol. The van der Waals surface area contributed by atoms with Gasteiger partial charge in [-0.05, 0) is 26.0 Å². The smallest absolute Gasteiger partial charge is 0.323 e. The lowest BCUT2D eigenvalue weighted by atomic mass is 10.2. The Bertz CT molecular complexity index is 618. The van der Waals surface area contributed by atoms with Gasteiger partial charge in [-0.1, -0.05) is 6.07 Å². The highest BCUT2D eigenvalue weighted by molar-refractivity contribution is 6.01. The van der Waals surface area contributed by atoms with E-state index in [4.69, 9.17) is 5.11 Å². The summed E-state index contributed by atoms with van der Waals surface area (Å²) in [4.78, 5) is 24.6. The van der Waals surface area contributed by atoms with Gasteiger partial charge in [-0.15, -0.1) is 0 Å². The molecule has 0 saturated carbocycles. The fraction of sp³-hybridized carbons (Fsp3) is 0.308. The second kappa shape index (κ2) is 5.09. The lowest BCUT2D eigenvalue weighted by molar-refractivity contribution is -0.138. The summed E-state index contributed by atoms with van der Waals surface area (Å²) in [6.45, 7) is 3.25. The Morgan fingerprint density at radius 3 is 2.79 bits per heavy atom. The van der Waals surface area contributed by atoms with Crippen molar-refractivity contribution in [2.45, 2.75) is 19.9 Å². The number of fused-ring (bicyclic) bond motifs is 1. The zero-order valence-corrected chi connectivity index (χ0v) is 10.8. The van der Waals surface area contributed by atoms with Gasteiger partial charge >= 0.3 is 5.97 Å². The molecule has 0 aliphatic rings. The van der Waals surface area contributed by atoms with Gasteiger partial charge in [0.15, 0.2) is 0 Å². The molecule has 0 spiro atoms. The van der Waals surface area contributed by atoms with E-state index in [-0.39, 0.29) is 18.5 Å². The van der Waals surface area contributed by atoms with E-state index in [0.717, 1.165) is 0 Å². The van der Waals surface area contributed by atoms with E-state index in [1.807, 2.05) is 12.1 Å². The third-order valence-corrected chi connectivity index (χ3v) is 2.85. The van der Waals surface area contributed by atoms with Crippen molar-refractivity contribution < 1.29 is 14.7 Å². The molecule has 2 aromatic heterocycles. The summed E-state index contributed by atoms with van der Waals surface area (Å²) in [6, 6.07) is 5.21. The van der Waals surface area contributed by atoms with Gasteiger partial charge in [0.25, 0.3) is 5.91 Å². The third-order valence-electron chi connectivity index (χ3n) is 2.85. The van der Waals surface area contributed by atoms with Gasteiger partial charge in [-0.3, -0.25) is 9.59 Å². The zero-order valence-electron chi connectivity index (χ0n) is 10.8. The van der Waals surface area contributed by atoms with Crippen molar-refractivity contribution >= 4 is 17.4 Å². The first kappa shape index (κ1) is 13.1. The Balaban J connectivity index is 2.39. The summed E-state index contributed by atoms with van der Waals surface area (Å²) in [7, 11) is 0. The van der Waals surface area contributed by atoms with Gasteiger partial charge in [0.1, 0.15) is 6.54 Å². The maximum Gasteiger partial charge on any atom is 0.323 e. The van der Waals surface area contributed by atoms with Crippen molar-refractivity contribution in [2.75, 3.05) is 6.54 Å². The second-order valence-electron chi connectivity index (χ2n) is 4.51. The van der Waals surface area contributed by atoms with Gasteiger partial charge in [0.2, 0.25) is 0 Å².